The molecule has 1 atom stereocenters. The number of aromatic nitrogens is 2. The molecule has 102 valence electrons. The molecule has 1 heterocycles. The summed E-state index contributed by atoms with van der Waals surface area (Å²) >= 11 is 1.70. The maximum absolute atomic E-state index is 9.12. The normalized spacial score (nSPS) is 15.9. The van der Waals surface area contributed by atoms with Gasteiger partial charge < -0.3 is 0 Å². The maximum Gasteiger partial charge on any atom is 0.117 e. The molecule has 1 saturated carbocycles. The fourth-order valence-corrected chi connectivity index (χ4v) is 3.08. The first-order valence-electron chi connectivity index (χ1n) is 6.85. The van der Waals surface area contributed by atoms with Gasteiger partial charge in [-0.25, -0.2) is 9.97 Å². The highest BCUT2D eigenvalue weighted by molar-refractivity contribution is 7.99. The average Bonchev–Trinajstić information content (AvgIpc) is 3.30. The van der Waals surface area contributed by atoms with E-state index >= 15 is 0 Å². The Labute approximate surface area is 122 Å². The molecule has 1 aromatic heterocycles. The number of nitrogens with one attached hydrogen (secondary N) is 1. The molecule has 1 fully saturated rings. The first-order chi connectivity index (χ1) is 9.86. The van der Waals surface area contributed by atoms with E-state index in [-0.39, 0.29) is 6.04 Å². The summed E-state index contributed by atoms with van der Waals surface area (Å²) in [5.41, 5.74) is 0.970. The van der Waals surface area contributed by atoms with E-state index in [9.17, 15) is 0 Å². The zero-order chi connectivity index (χ0) is 13.8. The van der Waals surface area contributed by atoms with Gasteiger partial charge in [-0.15, -0.1) is 11.8 Å². The quantitative estimate of drug-likeness (QED) is 0.653. The van der Waals surface area contributed by atoms with Gasteiger partial charge in [0.1, 0.15) is 11.4 Å². The summed E-state index contributed by atoms with van der Waals surface area (Å²) in [5.74, 6) is 0.888. The average molecular weight is 284 g/mol. The van der Waals surface area contributed by atoms with Crippen LogP contribution < -0.4 is 5.32 Å². The predicted octanol–water partition coefficient (Wildman–Crippen LogP) is 2.76. The number of para-hydroxylation sites is 1. The van der Waals surface area contributed by atoms with Crippen molar-refractivity contribution in [2.45, 2.75) is 36.4 Å². The van der Waals surface area contributed by atoms with Crippen LogP contribution in [-0.4, -0.2) is 27.8 Å². The van der Waals surface area contributed by atoms with E-state index < -0.39 is 0 Å². The lowest BCUT2D eigenvalue weighted by molar-refractivity contribution is 0.587. The van der Waals surface area contributed by atoms with Gasteiger partial charge in [-0.2, -0.15) is 5.26 Å². The van der Waals surface area contributed by atoms with Crippen LogP contribution in [0.25, 0.3) is 10.9 Å². The molecule has 0 radical (unpaired) electrons. The molecule has 4 nitrogen and oxygen atoms in total. The van der Waals surface area contributed by atoms with Gasteiger partial charge in [0, 0.05) is 17.2 Å². The van der Waals surface area contributed by atoms with E-state index in [0.29, 0.717) is 6.04 Å². The van der Waals surface area contributed by atoms with Crippen molar-refractivity contribution in [1.29, 1.82) is 5.26 Å². The minimum absolute atomic E-state index is 0.0388. The second-order valence-corrected chi connectivity index (χ2v) is 6.04. The van der Waals surface area contributed by atoms with E-state index in [1.165, 1.54) is 12.8 Å². The molecule has 5 heteroatoms. The molecule has 1 aliphatic rings. The number of hydrogen-bond donors (Lipinski definition) is 1. The predicted molar refractivity (Wildman–Crippen MR) is 80.4 cm³/mol. The summed E-state index contributed by atoms with van der Waals surface area (Å²) in [6.07, 6.45) is 4.87. The summed E-state index contributed by atoms with van der Waals surface area (Å²) in [5, 5.41) is 14.6. The fraction of sp³-hybridized carbons (Fsp3) is 0.400. The smallest absolute Gasteiger partial charge is 0.117 e. The van der Waals surface area contributed by atoms with Crippen molar-refractivity contribution < 1.29 is 0 Å². The monoisotopic (exact) mass is 284 g/mol. The Kier molecular flexibility index (Phi) is 4.14. The lowest BCUT2D eigenvalue weighted by Gasteiger charge is -2.10. The third kappa shape index (κ3) is 3.27. The molecule has 0 aliphatic heterocycles. The van der Waals surface area contributed by atoms with Crippen molar-refractivity contribution in [1.82, 2.24) is 15.3 Å². The van der Waals surface area contributed by atoms with Crippen molar-refractivity contribution in [3.8, 4) is 6.07 Å². The van der Waals surface area contributed by atoms with Crippen LogP contribution >= 0.6 is 11.8 Å². The Hall–Kier alpha value is -1.64. The van der Waals surface area contributed by atoms with E-state index in [1.807, 2.05) is 24.3 Å². The number of thioether (sulfide) groups is 1. The standard InChI is InChI=1S/C15H16N4S/c16-9-12(19-11-5-6-11)7-8-20-15-13-3-1-2-4-14(13)17-10-18-15/h1-4,10-12,19H,5-8H2. The van der Waals surface area contributed by atoms with Crippen molar-refractivity contribution in [3.05, 3.63) is 30.6 Å². The van der Waals surface area contributed by atoms with E-state index in [1.54, 1.807) is 18.1 Å². The van der Waals surface area contributed by atoms with Crippen LogP contribution in [0.3, 0.4) is 0 Å². The summed E-state index contributed by atoms with van der Waals surface area (Å²) in [6.45, 7) is 0. The molecule has 0 saturated heterocycles. The number of hydrogen-bond acceptors (Lipinski definition) is 5. The van der Waals surface area contributed by atoms with Gasteiger partial charge in [0.15, 0.2) is 0 Å². The molecule has 1 N–H and O–H groups in total. The maximum atomic E-state index is 9.12. The lowest BCUT2D eigenvalue weighted by atomic mass is 10.2. The molecule has 0 amide bonds. The molecule has 1 unspecified atom stereocenters. The molecule has 0 spiro atoms. The van der Waals surface area contributed by atoms with Crippen molar-refractivity contribution >= 4 is 22.7 Å². The van der Waals surface area contributed by atoms with Crippen LogP contribution in [0.1, 0.15) is 19.3 Å². The minimum atomic E-state index is -0.0388. The Morgan fingerprint density at radius 3 is 3.00 bits per heavy atom. The molecule has 2 aromatic rings. The van der Waals surface area contributed by atoms with Crippen molar-refractivity contribution in [2.24, 2.45) is 0 Å². The highest BCUT2D eigenvalue weighted by Gasteiger charge is 2.24. The van der Waals surface area contributed by atoms with Crippen molar-refractivity contribution in [2.75, 3.05) is 5.75 Å². The summed E-state index contributed by atoms with van der Waals surface area (Å²) < 4.78 is 0. The van der Waals surface area contributed by atoms with Crippen LogP contribution in [0, 0.1) is 11.3 Å². The molecular weight excluding hydrogens is 268 g/mol. The van der Waals surface area contributed by atoms with Gasteiger partial charge in [0.2, 0.25) is 0 Å². The number of nitrogens with zero attached hydrogens (tertiary/aromatic N) is 3. The number of benzene rings is 1. The van der Waals surface area contributed by atoms with Gasteiger partial charge in [0.25, 0.3) is 0 Å². The van der Waals surface area contributed by atoms with Crippen LogP contribution in [0.4, 0.5) is 0 Å². The number of rotatable bonds is 6. The first kappa shape index (κ1) is 13.3. The minimum Gasteiger partial charge on any atom is -0.299 e. The third-order valence-corrected chi connectivity index (χ3v) is 4.36. The molecule has 3 rings (SSSR count). The Bertz CT molecular complexity index is 628. The van der Waals surface area contributed by atoms with Crippen LogP contribution in [0.15, 0.2) is 35.6 Å². The van der Waals surface area contributed by atoms with Gasteiger partial charge in [-0.3, -0.25) is 5.32 Å². The number of fused-ring (bicyclic) bond motifs is 1. The van der Waals surface area contributed by atoms with E-state index in [4.69, 9.17) is 5.26 Å². The van der Waals surface area contributed by atoms with Gasteiger partial charge in [0.05, 0.1) is 17.6 Å². The first-order valence-corrected chi connectivity index (χ1v) is 7.83. The highest BCUT2D eigenvalue weighted by atomic mass is 32.2. The second kappa shape index (κ2) is 6.21. The number of nitriles is 1. The van der Waals surface area contributed by atoms with Gasteiger partial charge in [-0.05, 0) is 25.3 Å². The summed E-state index contributed by atoms with van der Waals surface area (Å²) in [4.78, 5) is 8.61. The lowest BCUT2D eigenvalue weighted by Crippen LogP contribution is -2.29. The topological polar surface area (TPSA) is 61.6 Å². The van der Waals surface area contributed by atoms with E-state index in [2.05, 4.69) is 21.4 Å². The summed E-state index contributed by atoms with van der Waals surface area (Å²) in [7, 11) is 0. The fourth-order valence-electron chi connectivity index (χ4n) is 2.09. The zero-order valence-corrected chi connectivity index (χ0v) is 11.9. The molecule has 1 aliphatic carbocycles. The highest BCUT2D eigenvalue weighted by Crippen LogP contribution is 2.25. The van der Waals surface area contributed by atoms with Crippen LogP contribution in [-0.2, 0) is 0 Å². The zero-order valence-electron chi connectivity index (χ0n) is 11.1. The van der Waals surface area contributed by atoms with Crippen LogP contribution in [0.2, 0.25) is 0 Å². The van der Waals surface area contributed by atoms with Crippen LogP contribution in [0.5, 0.6) is 0 Å². The molecular formula is C15H16N4S. The van der Waals surface area contributed by atoms with E-state index in [0.717, 1.165) is 28.1 Å². The van der Waals surface area contributed by atoms with Gasteiger partial charge in [-0.1, -0.05) is 18.2 Å². The largest absolute Gasteiger partial charge is 0.299 e. The summed E-state index contributed by atoms with van der Waals surface area (Å²) in [6, 6.07) is 10.9. The molecule has 0 bridgehead atoms. The Morgan fingerprint density at radius 1 is 1.35 bits per heavy atom. The Balaban J connectivity index is 1.60. The van der Waals surface area contributed by atoms with Crippen molar-refractivity contribution in [3.63, 3.8) is 0 Å². The SMILES string of the molecule is N#CC(CCSc1ncnc2ccccc12)NC1CC1. The third-order valence-electron chi connectivity index (χ3n) is 3.32. The Morgan fingerprint density at radius 2 is 2.20 bits per heavy atom. The molecule has 20 heavy (non-hydrogen) atoms. The second-order valence-electron chi connectivity index (χ2n) is 4.96. The van der Waals surface area contributed by atoms with Gasteiger partial charge >= 0.3 is 0 Å². The molecule has 1 aromatic carbocycles.